The average molecular weight is 510 g/mol. The molecule has 0 aromatic heterocycles. The van der Waals surface area contributed by atoms with Crippen LogP contribution in [-0.2, 0) is 23.9 Å². The number of ether oxygens (including phenoxy) is 2. The third kappa shape index (κ3) is 9.43. The SMILES string of the molecule is CCN(C(=O)C(CCSC)NC(=O)OC(C)(C)C)C(C(=O)NCC(=O)OC)c1c(C)cccc1C. The summed E-state index contributed by atoms with van der Waals surface area (Å²) in [6.45, 7) is 10.6. The fourth-order valence-corrected chi connectivity index (χ4v) is 4.10. The van der Waals surface area contributed by atoms with Crippen LogP contribution in [-0.4, -0.2) is 72.6 Å². The number of aryl methyl sites for hydroxylation is 2. The van der Waals surface area contributed by atoms with Gasteiger partial charge in [0.2, 0.25) is 11.8 Å². The van der Waals surface area contributed by atoms with Crippen molar-refractivity contribution in [2.45, 2.75) is 65.6 Å². The van der Waals surface area contributed by atoms with Crippen LogP contribution in [0.4, 0.5) is 4.79 Å². The zero-order chi connectivity index (χ0) is 26.8. The molecule has 0 aliphatic rings. The summed E-state index contributed by atoms with van der Waals surface area (Å²) in [6.07, 6.45) is 1.57. The summed E-state index contributed by atoms with van der Waals surface area (Å²) in [7, 11) is 1.23. The van der Waals surface area contributed by atoms with Gasteiger partial charge in [0.15, 0.2) is 0 Å². The highest BCUT2D eigenvalue weighted by Crippen LogP contribution is 2.28. The Balaban J connectivity index is 3.41. The maximum atomic E-state index is 13.8. The maximum Gasteiger partial charge on any atom is 0.408 e. The van der Waals surface area contributed by atoms with Crippen LogP contribution in [0.3, 0.4) is 0 Å². The van der Waals surface area contributed by atoms with Gasteiger partial charge in [0, 0.05) is 6.54 Å². The Morgan fingerprint density at radius 1 is 1.11 bits per heavy atom. The largest absolute Gasteiger partial charge is 0.468 e. The van der Waals surface area contributed by atoms with E-state index in [0.29, 0.717) is 17.7 Å². The van der Waals surface area contributed by atoms with E-state index in [1.54, 1.807) is 39.5 Å². The van der Waals surface area contributed by atoms with Crippen LogP contribution in [0.5, 0.6) is 0 Å². The minimum absolute atomic E-state index is 0.203. The summed E-state index contributed by atoms with van der Waals surface area (Å²) in [5.74, 6) is -0.901. The van der Waals surface area contributed by atoms with Gasteiger partial charge in [-0.3, -0.25) is 14.4 Å². The summed E-state index contributed by atoms with van der Waals surface area (Å²) in [5, 5.41) is 5.27. The maximum absolute atomic E-state index is 13.8. The van der Waals surface area contributed by atoms with E-state index in [1.165, 1.54) is 12.0 Å². The highest BCUT2D eigenvalue weighted by molar-refractivity contribution is 7.98. The topological polar surface area (TPSA) is 114 Å². The van der Waals surface area contributed by atoms with Gasteiger partial charge in [0.25, 0.3) is 0 Å². The molecular weight excluding hydrogens is 470 g/mol. The number of benzene rings is 1. The second-order valence-electron chi connectivity index (χ2n) is 9.11. The molecule has 0 heterocycles. The molecule has 196 valence electrons. The lowest BCUT2D eigenvalue weighted by atomic mass is 9.93. The van der Waals surface area contributed by atoms with Crippen molar-refractivity contribution < 1.29 is 28.7 Å². The number of esters is 1. The number of hydrogen-bond donors (Lipinski definition) is 2. The highest BCUT2D eigenvalue weighted by atomic mass is 32.2. The minimum Gasteiger partial charge on any atom is -0.468 e. The van der Waals surface area contributed by atoms with E-state index in [1.807, 2.05) is 38.3 Å². The second-order valence-corrected chi connectivity index (χ2v) is 10.1. The highest BCUT2D eigenvalue weighted by Gasteiger charge is 2.36. The number of hydrogen-bond acceptors (Lipinski definition) is 7. The number of carbonyl (C=O) groups excluding carboxylic acids is 4. The fourth-order valence-electron chi connectivity index (χ4n) is 3.62. The number of nitrogens with one attached hydrogen (secondary N) is 2. The molecular formula is C25H39N3O6S. The Labute approximate surface area is 212 Å². The minimum atomic E-state index is -1.00. The van der Waals surface area contributed by atoms with Crippen molar-refractivity contribution in [1.82, 2.24) is 15.5 Å². The number of likely N-dealkylation sites (N-methyl/N-ethyl adjacent to an activating group) is 1. The van der Waals surface area contributed by atoms with Gasteiger partial charge in [-0.25, -0.2) is 4.79 Å². The van der Waals surface area contributed by atoms with E-state index in [-0.39, 0.29) is 13.1 Å². The molecule has 1 aromatic carbocycles. The lowest BCUT2D eigenvalue weighted by Gasteiger charge is -2.35. The van der Waals surface area contributed by atoms with Gasteiger partial charge in [0.1, 0.15) is 24.2 Å². The Morgan fingerprint density at radius 2 is 1.71 bits per heavy atom. The summed E-state index contributed by atoms with van der Waals surface area (Å²) >= 11 is 1.54. The standard InChI is InChI=1S/C25H39N3O6S/c1-9-28(23(31)18(13-14-35-8)27-24(32)34-25(4,5)6)21(22(30)26-15-19(29)33-7)20-16(2)11-10-12-17(20)3/h10-12,18,21H,9,13-15H2,1-8H3,(H,26,30)(H,27,32). The van der Waals surface area contributed by atoms with Crippen LogP contribution in [0.25, 0.3) is 0 Å². The molecule has 0 fully saturated rings. The molecule has 0 bridgehead atoms. The molecule has 1 aromatic rings. The third-order valence-corrected chi connectivity index (χ3v) is 5.88. The van der Waals surface area contributed by atoms with Gasteiger partial charge in [-0.2, -0.15) is 11.8 Å². The number of nitrogens with zero attached hydrogens (tertiary/aromatic N) is 1. The first-order valence-corrected chi connectivity index (χ1v) is 12.9. The third-order valence-electron chi connectivity index (χ3n) is 5.23. The molecule has 0 saturated carbocycles. The molecule has 0 aliphatic carbocycles. The monoisotopic (exact) mass is 509 g/mol. The van der Waals surface area contributed by atoms with E-state index < -0.39 is 41.6 Å². The molecule has 9 nitrogen and oxygen atoms in total. The van der Waals surface area contributed by atoms with Crippen molar-refractivity contribution >= 4 is 35.6 Å². The van der Waals surface area contributed by atoms with Gasteiger partial charge in [-0.1, -0.05) is 18.2 Å². The van der Waals surface area contributed by atoms with Gasteiger partial charge in [-0.15, -0.1) is 0 Å². The number of alkyl carbamates (subject to hydrolysis) is 1. The van der Waals surface area contributed by atoms with Gasteiger partial charge < -0.3 is 25.0 Å². The van der Waals surface area contributed by atoms with Crippen molar-refractivity contribution in [1.29, 1.82) is 0 Å². The summed E-state index contributed by atoms with van der Waals surface area (Å²) in [5.41, 5.74) is 1.60. The van der Waals surface area contributed by atoms with Crippen molar-refractivity contribution in [3.63, 3.8) is 0 Å². The quantitative estimate of drug-likeness (QED) is 0.441. The van der Waals surface area contributed by atoms with Gasteiger partial charge in [0.05, 0.1) is 7.11 Å². The molecule has 3 amide bonds. The Bertz CT molecular complexity index is 879. The normalized spacial score (nSPS) is 12.8. The van der Waals surface area contributed by atoms with Crippen LogP contribution in [0, 0.1) is 13.8 Å². The van der Waals surface area contributed by atoms with Crippen LogP contribution in [0.2, 0.25) is 0 Å². The van der Waals surface area contributed by atoms with Crippen LogP contribution in [0.1, 0.15) is 56.8 Å². The van der Waals surface area contributed by atoms with Crippen molar-refractivity contribution in [3.8, 4) is 0 Å². The number of thioether (sulfide) groups is 1. The van der Waals surface area contributed by atoms with E-state index in [2.05, 4.69) is 15.4 Å². The van der Waals surface area contributed by atoms with E-state index in [9.17, 15) is 19.2 Å². The fraction of sp³-hybridized carbons (Fsp3) is 0.600. The number of carbonyl (C=O) groups is 4. The Hall–Kier alpha value is -2.75. The molecule has 1 rings (SSSR count). The zero-order valence-electron chi connectivity index (χ0n) is 22.0. The van der Waals surface area contributed by atoms with E-state index >= 15 is 0 Å². The molecule has 10 heteroatoms. The predicted octanol–water partition coefficient (Wildman–Crippen LogP) is 3.13. The predicted molar refractivity (Wildman–Crippen MR) is 137 cm³/mol. The molecule has 2 unspecified atom stereocenters. The smallest absolute Gasteiger partial charge is 0.408 e. The van der Waals surface area contributed by atoms with Crippen LogP contribution >= 0.6 is 11.8 Å². The summed E-state index contributed by atoms with van der Waals surface area (Å²) in [4.78, 5) is 52.8. The number of methoxy groups -OCH3 is 1. The summed E-state index contributed by atoms with van der Waals surface area (Å²) in [6, 6.07) is 3.71. The first kappa shape index (κ1) is 30.3. The Morgan fingerprint density at radius 3 is 2.20 bits per heavy atom. The van der Waals surface area contributed by atoms with Crippen molar-refractivity contribution in [2.75, 3.05) is 32.2 Å². The molecule has 0 saturated heterocycles. The van der Waals surface area contributed by atoms with E-state index in [0.717, 1.165) is 11.1 Å². The molecule has 0 aliphatic heterocycles. The number of rotatable bonds is 11. The molecule has 2 atom stereocenters. The molecule has 0 radical (unpaired) electrons. The molecule has 35 heavy (non-hydrogen) atoms. The Kier molecular flexibility index (Phi) is 12.1. The van der Waals surface area contributed by atoms with Gasteiger partial charge in [-0.05, 0) is 76.7 Å². The zero-order valence-corrected chi connectivity index (χ0v) is 22.8. The van der Waals surface area contributed by atoms with Crippen LogP contribution in [0.15, 0.2) is 18.2 Å². The van der Waals surface area contributed by atoms with E-state index in [4.69, 9.17) is 4.74 Å². The first-order valence-electron chi connectivity index (χ1n) is 11.6. The lowest BCUT2D eigenvalue weighted by Crippen LogP contribution is -2.53. The molecule has 0 spiro atoms. The first-order chi connectivity index (χ1) is 16.4. The molecule has 2 N–H and O–H groups in total. The number of amides is 3. The second kappa shape index (κ2) is 14.0. The summed E-state index contributed by atoms with van der Waals surface area (Å²) < 4.78 is 10.00. The lowest BCUT2D eigenvalue weighted by molar-refractivity contribution is -0.144. The van der Waals surface area contributed by atoms with Gasteiger partial charge >= 0.3 is 12.1 Å². The van der Waals surface area contributed by atoms with Crippen LogP contribution < -0.4 is 10.6 Å². The van der Waals surface area contributed by atoms with Crippen molar-refractivity contribution in [3.05, 3.63) is 34.9 Å². The van der Waals surface area contributed by atoms with Crippen molar-refractivity contribution in [2.24, 2.45) is 0 Å². The average Bonchev–Trinajstić information content (AvgIpc) is 2.77.